The Morgan fingerprint density at radius 2 is 1.88 bits per heavy atom. The maximum absolute atomic E-state index is 4.68. The van der Waals surface area contributed by atoms with Crippen LogP contribution in [0.4, 0.5) is 0 Å². The van der Waals surface area contributed by atoms with Crippen molar-refractivity contribution in [3.8, 4) is 0 Å². The van der Waals surface area contributed by atoms with E-state index in [1.165, 1.54) is 24.2 Å². The predicted octanol–water partition coefficient (Wildman–Crippen LogP) is 1.18. The minimum absolute atomic E-state index is 0.625. The van der Waals surface area contributed by atoms with Crippen LogP contribution in [0, 0.1) is 29.6 Å². The van der Waals surface area contributed by atoms with Gasteiger partial charge in [0.1, 0.15) is 0 Å². The second-order valence-electron chi connectivity index (χ2n) is 4.07. The minimum atomic E-state index is 0.625. The fourth-order valence-electron chi connectivity index (χ4n) is 3.85. The third-order valence-electron chi connectivity index (χ3n) is 4.12. The molecule has 4 atom stereocenters. The number of rotatable bonds is 0. The molecule has 5 aliphatic carbocycles. The Hall–Kier alpha value is 0.350. The highest BCUT2D eigenvalue weighted by Crippen LogP contribution is 2.95. The summed E-state index contributed by atoms with van der Waals surface area (Å²) in [6.45, 7) is 0. The van der Waals surface area contributed by atoms with Crippen LogP contribution in [0.5, 0.6) is 0 Å². The standard InChI is InChI=1S/C7H8S/c8-7-1-2-3-4(2)6(7)5(3)7/h2-6,8H,1H2. The van der Waals surface area contributed by atoms with E-state index in [1.807, 2.05) is 0 Å². The smallest absolute Gasteiger partial charge is 0.0201 e. The molecule has 0 heterocycles. The molecule has 42 valence electrons. The lowest BCUT2D eigenvalue weighted by Crippen LogP contribution is -2.00. The van der Waals surface area contributed by atoms with Gasteiger partial charge in [-0.05, 0) is 36.0 Å². The van der Waals surface area contributed by atoms with E-state index in [9.17, 15) is 0 Å². The summed E-state index contributed by atoms with van der Waals surface area (Å²) in [7, 11) is 0. The van der Waals surface area contributed by atoms with Gasteiger partial charge in [0.2, 0.25) is 0 Å². The molecule has 0 radical (unpaired) electrons. The molecule has 5 saturated carbocycles. The lowest BCUT2D eigenvalue weighted by molar-refractivity contribution is 0.434. The maximum Gasteiger partial charge on any atom is 0.0201 e. The Morgan fingerprint density at radius 1 is 1.25 bits per heavy atom. The zero-order valence-electron chi connectivity index (χ0n) is 4.54. The summed E-state index contributed by atoms with van der Waals surface area (Å²) in [6.07, 6.45) is 1.49. The van der Waals surface area contributed by atoms with Gasteiger partial charge < -0.3 is 0 Å². The van der Waals surface area contributed by atoms with Crippen LogP contribution in [0.25, 0.3) is 0 Å². The van der Waals surface area contributed by atoms with Crippen molar-refractivity contribution < 1.29 is 0 Å². The van der Waals surface area contributed by atoms with Crippen LogP contribution in [0.1, 0.15) is 6.42 Å². The van der Waals surface area contributed by atoms with Gasteiger partial charge in [0.05, 0.1) is 0 Å². The van der Waals surface area contributed by atoms with Gasteiger partial charge in [-0.15, -0.1) is 0 Å². The van der Waals surface area contributed by atoms with Crippen molar-refractivity contribution in [2.75, 3.05) is 0 Å². The van der Waals surface area contributed by atoms with Crippen LogP contribution >= 0.6 is 12.6 Å². The highest BCUT2D eigenvalue weighted by molar-refractivity contribution is 7.82. The van der Waals surface area contributed by atoms with E-state index in [4.69, 9.17) is 0 Å². The van der Waals surface area contributed by atoms with Crippen LogP contribution in [0.15, 0.2) is 0 Å². The number of thiol groups is 1. The fraction of sp³-hybridized carbons (Fsp3) is 1.00. The highest BCUT2D eigenvalue weighted by Gasteiger charge is 2.94. The van der Waals surface area contributed by atoms with Crippen molar-refractivity contribution in [1.29, 1.82) is 0 Å². The molecular weight excluding hydrogens is 116 g/mol. The van der Waals surface area contributed by atoms with E-state index in [0.717, 1.165) is 11.8 Å². The molecular formula is C7H8S. The van der Waals surface area contributed by atoms with Gasteiger partial charge in [0, 0.05) is 4.75 Å². The second-order valence-corrected chi connectivity index (χ2v) is 4.90. The zero-order chi connectivity index (χ0) is 5.09. The fourth-order valence-corrected chi connectivity index (χ4v) is 4.65. The van der Waals surface area contributed by atoms with Crippen molar-refractivity contribution in [1.82, 2.24) is 0 Å². The summed E-state index contributed by atoms with van der Waals surface area (Å²) in [5, 5.41) is 0. The van der Waals surface area contributed by atoms with Crippen molar-refractivity contribution in [3.05, 3.63) is 0 Å². The van der Waals surface area contributed by atoms with E-state index < -0.39 is 0 Å². The Kier molecular flexibility index (Phi) is 0.260. The van der Waals surface area contributed by atoms with Crippen molar-refractivity contribution in [3.63, 3.8) is 0 Å². The van der Waals surface area contributed by atoms with E-state index in [2.05, 4.69) is 12.6 Å². The second kappa shape index (κ2) is 0.593. The van der Waals surface area contributed by atoms with Crippen LogP contribution in [-0.2, 0) is 0 Å². The van der Waals surface area contributed by atoms with Gasteiger partial charge in [-0.1, -0.05) is 0 Å². The molecule has 0 nitrogen and oxygen atoms in total. The number of hydrogen-bond acceptors (Lipinski definition) is 1. The molecule has 1 heteroatoms. The Bertz CT molecular complexity index is 176. The Morgan fingerprint density at radius 3 is 2.00 bits per heavy atom. The molecule has 4 unspecified atom stereocenters. The maximum atomic E-state index is 4.68. The van der Waals surface area contributed by atoms with Gasteiger partial charge in [0.25, 0.3) is 0 Å². The molecule has 0 aromatic heterocycles. The van der Waals surface area contributed by atoms with Crippen LogP contribution < -0.4 is 0 Å². The lowest BCUT2D eigenvalue weighted by atomic mass is 10.0. The molecule has 5 aliphatic rings. The first-order chi connectivity index (χ1) is 3.84. The SMILES string of the molecule is SC12CC3C4C3C1C42. The average Bonchev–Trinajstić information content (AvgIpc) is 2.11. The zero-order valence-corrected chi connectivity index (χ0v) is 5.44. The van der Waals surface area contributed by atoms with Gasteiger partial charge in [-0.25, -0.2) is 0 Å². The molecule has 0 aliphatic heterocycles. The molecule has 0 amide bonds. The third-order valence-corrected chi connectivity index (χ3v) is 4.90. The molecule has 0 aromatic carbocycles. The summed E-state index contributed by atoms with van der Waals surface area (Å²) in [5.74, 6) is 5.85. The first-order valence-electron chi connectivity index (χ1n) is 3.56. The van der Waals surface area contributed by atoms with Crippen LogP contribution in [-0.4, -0.2) is 4.75 Å². The Labute approximate surface area is 54.1 Å². The first kappa shape index (κ1) is 3.50. The molecule has 5 fully saturated rings. The van der Waals surface area contributed by atoms with Gasteiger partial charge >= 0.3 is 0 Å². The van der Waals surface area contributed by atoms with E-state index in [1.54, 1.807) is 0 Å². The molecule has 0 N–H and O–H groups in total. The topological polar surface area (TPSA) is 0 Å². The van der Waals surface area contributed by atoms with Crippen molar-refractivity contribution in [2.24, 2.45) is 29.6 Å². The molecule has 0 saturated heterocycles. The molecule has 0 aromatic rings. The molecule has 2 bridgehead atoms. The third kappa shape index (κ3) is 0.130. The molecule has 5 rings (SSSR count). The van der Waals surface area contributed by atoms with Crippen molar-refractivity contribution >= 4 is 12.6 Å². The summed E-state index contributed by atoms with van der Waals surface area (Å²) in [6, 6.07) is 0. The summed E-state index contributed by atoms with van der Waals surface area (Å²) >= 11 is 4.68. The van der Waals surface area contributed by atoms with Gasteiger partial charge in [-0.3, -0.25) is 0 Å². The van der Waals surface area contributed by atoms with Crippen LogP contribution in [0.3, 0.4) is 0 Å². The van der Waals surface area contributed by atoms with E-state index in [0.29, 0.717) is 4.75 Å². The normalized spacial score (nSPS) is 94.9. The monoisotopic (exact) mass is 124 g/mol. The average molecular weight is 124 g/mol. The van der Waals surface area contributed by atoms with E-state index in [-0.39, 0.29) is 0 Å². The quantitative estimate of drug-likeness (QED) is 0.461. The lowest BCUT2D eigenvalue weighted by Gasteiger charge is -2.02. The summed E-state index contributed by atoms with van der Waals surface area (Å²) in [4.78, 5) is 0. The van der Waals surface area contributed by atoms with Gasteiger partial charge in [-0.2, -0.15) is 12.6 Å². The summed E-state index contributed by atoms with van der Waals surface area (Å²) < 4.78 is 0.625. The van der Waals surface area contributed by atoms with Crippen molar-refractivity contribution in [2.45, 2.75) is 11.2 Å². The largest absolute Gasteiger partial charge is 0.172 e. The molecule has 0 spiro atoms. The first-order valence-corrected chi connectivity index (χ1v) is 4.01. The van der Waals surface area contributed by atoms with Crippen LogP contribution in [0.2, 0.25) is 0 Å². The van der Waals surface area contributed by atoms with E-state index >= 15 is 0 Å². The Balaban J connectivity index is 2.11. The summed E-state index contributed by atoms with van der Waals surface area (Å²) in [5.41, 5.74) is 0. The number of hydrogen-bond donors (Lipinski definition) is 1. The predicted molar refractivity (Wildman–Crippen MR) is 33.8 cm³/mol. The highest BCUT2D eigenvalue weighted by atomic mass is 32.1. The molecule has 8 heavy (non-hydrogen) atoms. The minimum Gasteiger partial charge on any atom is -0.172 e. The van der Waals surface area contributed by atoms with Gasteiger partial charge in [0.15, 0.2) is 0 Å².